The smallest absolute Gasteiger partial charge is 0.274 e. The maximum Gasteiger partial charge on any atom is 0.274 e. The number of ether oxygens (including phenoxy) is 1. The van der Waals surface area contributed by atoms with Crippen molar-refractivity contribution >= 4 is 23.2 Å². The van der Waals surface area contributed by atoms with Gasteiger partial charge in [-0.25, -0.2) is 26.6 Å². The largest absolute Gasteiger partial charge is 0.471 e. The predicted octanol–water partition coefficient (Wildman–Crippen LogP) is 5.38. The number of aryl methyl sites for hydroxylation is 1. The highest BCUT2D eigenvalue weighted by atomic mass is 35.5. The first-order valence-electron chi connectivity index (χ1n) is 10.3. The minimum Gasteiger partial charge on any atom is -0.471 e. The Morgan fingerprint density at radius 1 is 0.944 bits per heavy atom. The standard InChI is InChI=1S/C23H17ClF5N5O2/c1-11-22(12(2)33(32-11)9-15-17(25)19(27)21(29)20(28)18(15)26)31-23(35)16-7-8-30-34(16)10-36-14-5-3-13(24)4-6-14/h3-8H,9-10H2,1-2H3,(H,31,35). The lowest BCUT2D eigenvalue weighted by Gasteiger charge is -2.11. The molecule has 1 N–H and O–H groups in total. The molecule has 0 aliphatic heterocycles. The second-order valence-electron chi connectivity index (χ2n) is 7.65. The van der Waals surface area contributed by atoms with E-state index in [-0.39, 0.29) is 29.5 Å². The van der Waals surface area contributed by atoms with Crippen LogP contribution in [-0.4, -0.2) is 25.5 Å². The first-order valence-corrected chi connectivity index (χ1v) is 10.7. The number of aromatic nitrogens is 4. The van der Waals surface area contributed by atoms with Crippen LogP contribution in [0.2, 0.25) is 5.02 Å². The average Bonchev–Trinajstić information content (AvgIpc) is 3.44. The summed E-state index contributed by atoms with van der Waals surface area (Å²) in [6.07, 6.45) is 1.40. The van der Waals surface area contributed by atoms with E-state index in [1.807, 2.05) is 0 Å². The van der Waals surface area contributed by atoms with Crippen molar-refractivity contribution in [1.82, 2.24) is 19.6 Å². The Kier molecular flexibility index (Phi) is 6.97. The van der Waals surface area contributed by atoms with Crippen LogP contribution in [0.25, 0.3) is 0 Å². The number of halogens is 6. The van der Waals surface area contributed by atoms with Crippen LogP contribution in [0, 0.1) is 42.9 Å². The van der Waals surface area contributed by atoms with E-state index >= 15 is 0 Å². The molecule has 0 aliphatic rings. The Morgan fingerprint density at radius 3 is 2.19 bits per heavy atom. The third kappa shape index (κ3) is 4.76. The molecule has 188 valence electrons. The third-order valence-corrected chi connectivity index (χ3v) is 5.60. The molecular formula is C23H17ClF5N5O2. The zero-order valence-electron chi connectivity index (χ0n) is 18.8. The highest BCUT2D eigenvalue weighted by Crippen LogP contribution is 2.26. The number of benzene rings is 2. The van der Waals surface area contributed by atoms with Crippen molar-refractivity contribution in [3.05, 3.63) is 93.3 Å². The lowest BCUT2D eigenvalue weighted by Crippen LogP contribution is -2.20. The van der Waals surface area contributed by atoms with Gasteiger partial charge in [-0.05, 0) is 44.2 Å². The van der Waals surface area contributed by atoms with Gasteiger partial charge in [0.1, 0.15) is 11.4 Å². The van der Waals surface area contributed by atoms with Gasteiger partial charge in [-0.15, -0.1) is 0 Å². The van der Waals surface area contributed by atoms with Crippen molar-refractivity contribution in [2.45, 2.75) is 27.1 Å². The Balaban J connectivity index is 1.53. The van der Waals surface area contributed by atoms with Crippen LogP contribution in [0.5, 0.6) is 5.75 Å². The molecule has 0 saturated heterocycles. The Labute approximate surface area is 206 Å². The number of hydrogen-bond donors (Lipinski definition) is 1. The molecule has 0 spiro atoms. The second kappa shape index (κ2) is 9.97. The monoisotopic (exact) mass is 525 g/mol. The van der Waals surface area contributed by atoms with E-state index in [0.29, 0.717) is 10.8 Å². The van der Waals surface area contributed by atoms with Gasteiger partial charge in [0, 0.05) is 11.2 Å². The van der Waals surface area contributed by atoms with E-state index in [4.69, 9.17) is 16.3 Å². The molecule has 4 aromatic rings. The second-order valence-corrected chi connectivity index (χ2v) is 8.09. The van der Waals surface area contributed by atoms with Gasteiger partial charge in [-0.2, -0.15) is 10.2 Å². The van der Waals surface area contributed by atoms with Crippen molar-refractivity contribution in [3.63, 3.8) is 0 Å². The quantitative estimate of drug-likeness (QED) is 0.200. The summed E-state index contributed by atoms with van der Waals surface area (Å²) in [4.78, 5) is 12.9. The maximum absolute atomic E-state index is 14.1. The van der Waals surface area contributed by atoms with Crippen molar-refractivity contribution in [3.8, 4) is 5.75 Å². The normalized spacial score (nSPS) is 11.1. The third-order valence-electron chi connectivity index (χ3n) is 5.34. The molecule has 13 heteroatoms. The summed E-state index contributed by atoms with van der Waals surface area (Å²) in [6, 6.07) is 8.03. The lowest BCUT2D eigenvalue weighted by atomic mass is 10.1. The van der Waals surface area contributed by atoms with E-state index in [2.05, 4.69) is 15.5 Å². The van der Waals surface area contributed by atoms with Crippen molar-refractivity contribution < 1.29 is 31.5 Å². The van der Waals surface area contributed by atoms with Crippen molar-refractivity contribution in [1.29, 1.82) is 0 Å². The van der Waals surface area contributed by atoms with Crippen LogP contribution in [0.3, 0.4) is 0 Å². The highest BCUT2D eigenvalue weighted by Gasteiger charge is 2.27. The molecule has 4 rings (SSSR count). The fraction of sp³-hybridized carbons (Fsp3) is 0.174. The van der Waals surface area contributed by atoms with Gasteiger partial charge in [0.15, 0.2) is 30.0 Å². The summed E-state index contributed by atoms with van der Waals surface area (Å²) in [7, 11) is 0. The molecule has 0 saturated carbocycles. The highest BCUT2D eigenvalue weighted by molar-refractivity contribution is 6.30. The number of rotatable bonds is 7. The summed E-state index contributed by atoms with van der Waals surface area (Å²) in [5.74, 6) is -10.3. The number of nitrogens with one attached hydrogen (secondary N) is 1. The fourth-order valence-corrected chi connectivity index (χ4v) is 3.57. The van der Waals surface area contributed by atoms with E-state index < -0.39 is 47.1 Å². The van der Waals surface area contributed by atoms with Crippen LogP contribution >= 0.6 is 11.6 Å². The van der Waals surface area contributed by atoms with Gasteiger partial charge in [-0.1, -0.05) is 11.6 Å². The molecule has 1 amide bonds. The van der Waals surface area contributed by atoms with E-state index in [0.717, 1.165) is 4.68 Å². The van der Waals surface area contributed by atoms with Gasteiger partial charge in [0.05, 0.1) is 29.2 Å². The van der Waals surface area contributed by atoms with Gasteiger partial charge < -0.3 is 10.1 Å². The van der Waals surface area contributed by atoms with Crippen molar-refractivity contribution in [2.75, 3.05) is 5.32 Å². The zero-order chi connectivity index (χ0) is 26.1. The first kappa shape index (κ1) is 25.2. The number of amides is 1. The van der Waals surface area contributed by atoms with Gasteiger partial charge in [-0.3, -0.25) is 9.48 Å². The summed E-state index contributed by atoms with van der Waals surface area (Å²) in [6.45, 7) is 2.15. The molecule has 7 nitrogen and oxygen atoms in total. The number of carbonyl (C=O) groups excluding carboxylic acids is 1. The number of nitrogens with zero attached hydrogens (tertiary/aromatic N) is 4. The van der Waals surface area contributed by atoms with Crippen LogP contribution < -0.4 is 10.1 Å². The maximum atomic E-state index is 14.1. The molecule has 2 heterocycles. The summed E-state index contributed by atoms with van der Waals surface area (Å²) in [5, 5.41) is 11.3. The SMILES string of the molecule is Cc1nn(Cc2c(F)c(F)c(F)c(F)c2F)c(C)c1NC(=O)c1ccnn1COc1ccc(Cl)cc1. The molecule has 0 bridgehead atoms. The van der Waals surface area contributed by atoms with Gasteiger partial charge >= 0.3 is 0 Å². The number of carbonyl (C=O) groups is 1. The summed E-state index contributed by atoms with van der Waals surface area (Å²) >= 11 is 5.84. The fourth-order valence-electron chi connectivity index (χ4n) is 3.44. The molecular weight excluding hydrogens is 509 g/mol. The van der Waals surface area contributed by atoms with Crippen LogP contribution in [0.4, 0.5) is 27.6 Å². The first-order chi connectivity index (χ1) is 17.1. The zero-order valence-corrected chi connectivity index (χ0v) is 19.5. The van der Waals surface area contributed by atoms with E-state index in [1.54, 1.807) is 24.3 Å². The number of hydrogen-bond acceptors (Lipinski definition) is 4. The molecule has 36 heavy (non-hydrogen) atoms. The molecule has 0 fully saturated rings. The minimum atomic E-state index is -2.24. The Bertz CT molecular complexity index is 1420. The van der Waals surface area contributed by atoms with E-state index in [1.165, 1.54) is 30.8 Å². The predicted molar refractivity (Wildman–Crippen MR) is 119 cm³/mol. The molecule has 0 radical (unpaired) electrons. The molecule has 0 aliphatic carbocycles. The Morgan fingerprint density at radius 2 is 1.56 bits per heavy atom. The lowest BCUT2D eigenvalue weighted by molar-refractivity contribution is 0.100. The Hall–Kier alpha value is -3.93. The summed E-state index contributed by atoms with van der Waals surface area (Å²) < 4.78 is 76.7. The molecule has 2 aromatic heterocycles. The minimum absolute atomic E-state index is 0.0884. The van der Waals surface area contributed by atoms with Crippen LogP contribution in [0.15, 0.2) is 36.5 Å². The topological polar surface area (TPSA) is 74.0 Å². The molecule has 2 aromatic carbocycles. The van der Waals surface area contributed by atoms with Gasteiger partial charge in [0.2, 0.25) is 5.82 Å². The molecule has 0 unspecified atom stereocenters. The van der Waals surface area contributed by atoms with E-state index in [9.17, 15) is 26.7 Å². The average molecular weight is 526 g/mol. The summed E-state index contributed by atoms with van der Waals surface area (Å²) in [5.41, 5.74) is -0.223. The van der Waals surface area contributed by atoms with Crippen molar-refractivity contribution in [2.24, 2.45) is 0 Å². The van der Waals surface area contributed by atoms with Gasteiger partial charge in [0.25, 0.3) is 5.91 Å². The van der Waals surface area contributed by atoms with Crippen LogP contribution in [0.1, 0.15) is 27.4 Å². The number of anilines is 1. The molecule has 0 atom stereocenters. The van der Waals surface area contributed by atoms with Crippen LogP contribution in [-0.2, 0) is 13.3 Å².